The standard InChI is InChI=1S/C12H20ClNO/c13-8-11-5-6-14(9-11)12(15)7-10-3-1-2-4-10/h10-11H,1-9H2. The van der Waals surface area contributed by atoms with Crippen LogP contribution >= 0.6 is 11.6 Å². The number of amides is 1. The molecule has 3 heteroatoms. The molecule has 1 unspecified atom stereocenters. The number of hydrogen-bond acceptors (Lipinski definition) is 1. The van der Waals surface area contributed by atoms with Crippen LogP contribution in [0.5, 0.6) is 0 Å². The number of hydrogen-bond donors (Lipinski definition) is 0. The van der Waals surface area contributed by atoms with Crippen LogP contribution in [0.2, 0.25) is 0 Å². The van der Waals surface area contributed by atoms with Gasteiger partial charge in [-0.2, -0.15) is 0 Å². The van der Waals surface area contributed by atoms with Crippen LogP contribution in [0.1, 0.15) is 38.5 Å². The monoisotopic (exact) mass is 229 g/mol. The van der Waals surface area contributed by atoms with E-state index in [1.165, 1.54) is 25.7 Å². The number of carbonyl (C=O) groups excluding carboxylic acids is 1. The molecule has 2 fully saturated rings. The molecule has 1 heterocycles. The molecule has 15 heavy (non-hydrogen) atoms. The lowest BCUT2D eigenvalue weighted by Gasteiger charge is -2.18. The smallest absolute Gasteiger partial charge is 0.222 e. The van der Waals surface area contributed by atoms with E-state index >= 15 is 0 Å². The maximum absolute atomic E-state index is 11.9. The van der Waals surface area contributed by atoms with Crippen molar-refractivity contribution in [2.24, 2.45) is 11.8 Å². The Balaban J connectivity index is 1.76. The number of halogens is 1. The van der Waals surface area contributed by atoms with E-state index in [1.807, 2.05) is 4.90 Å². The summed E-state index contributed by atoms with van der Waals surface area (Å²) in [6.45, 7) is 1.83. The van der Waals surface area contributed by atoms with E-state index < -0.39 is 0 Å². The first-order valence-electron chi connectivity index (χ1n) is 6.13. The molecule has 0 radical (unpaired) electrons. The third kappa shape index (κ3) is 2.87. The second kappa shape index (κ2) is 5.20. The highest BCUT2D eigenvalue weighted by Gasteiger charge is 2.27. The van der Waals surface area contributed by atoms with Crippen LogP contribution in [-0.2, 0) is 4.79 Å². The van der Waals surface area contributed by atoms with E-state index in [9.17, 15) is 4.79 Å². The largest absolute Gasteiger partial charge is 0.342 e. The van der Waals surface area contributed by atoms with Crippen molar-refractivity contribution in [2.45, 2.75) is 38.5 Å². The van der Waals surface area contributed by atoms with Gasteiger partial charge in [0.1, 0.15) is 0 Å². The fraction of sp³-hybridized carbons (Fsp3) is 0.917. The average molecular weight is 230 g/mol. The molecule has 1 saturated carbocycles. The Kier molecular flexibility index (Phi) is 3.90. The summed E-state index contributed by atoms with van der Waals surface area (Å²) in [4.78, 5) is 14.0. The zero-order valence-corrected chi connectivity index (χ0v) is 10.0. The first-order valence-corrected chi connectivity index (χ1v) is 6.67. The molecule has 0 aromatic heterocycles. The first kappa shape index (κ1) is 11.3. The Hall–Kier alpha value is -0.240. The minimum Gasteiger partial charge on any atom is -0.342 e. The quantitative estimate of drug-likeness (QED) is 0.682. The number of carbonyl (C=O) groups is 1. The topological polar surface area (TPSA) is 20.3 Å². The Bertz CT molecular complexity index is 226. The second-order valence-corrected chi connectivity index (χ2v) is 5.31. The van der Waals surface area contributed by atoms with Crippen LogP contribution in [0.4, 0.5) is 0 Å². The van der Waals surface area contributed by atoms with Gasteiger partial charge in [0.2, 0.25) is 5.91 Å². The zero-order chi connectivity index (χ0) is 10.7. The van der Waals surface area contributed by atoms with Gasteiger partial charge in [-0.15, -0.1) is 11.6 Å². The molecule has 0 aromatic carbocycles. The Morgan fingerprint density at radius 2 is 1.93 bits per heavy atom. The molecule has 1 aliphatic carbocycles. The fourth-order valence-corrected chi connectivity index (χ4v) is 3.03. The second-order valence-electron chi connectivity index (χ2n) is 5.00. The molecule has 1 atom stereocenters. The van der Waals surface area contributed by atoms with E-state index in [1.54, 1.807) is 0 Å². The molecular formula is C12H20ClNO. The summed E-state index contributed by atoms with van der Waals surface area (Å²) in [5.74, 6) is 2.29. The summed E-state index contributed by atoms with van der Waals surface area (Å²) in [7, 11) is 0. The average Bonchev–Trinajstić information content (AvgIpc) is 2.86. The van der Waals surface area contributed by atoms with Gasteiger partial charge in [0.25, 0.3) is 0 Å². The summed E-state index contributed by atoms with van der Waals surface area (Å²) in [5.41, 5.74) is 0. The lowest BCUT2D eigenvalue weighted by molar-refractivity contribution is -0.131. The highest BCUT2D eigenvalue weighted by atomic mass is 35.5. The van der Waals surface area contributed by atoms with Crippen LogP contribution < -0.4 is 0 Å². The summed E-state index contributed by atoms with van der Waals surface area (Å²) >= 11 is 5.81. The van der Waals surface area contributed by atoms with Gasteiger partial charge in [-0.05, 0) is 31.1 Å². The molecule has 1 saturated heterocycles. The molecule has 2 rings (SSSR count). The number of rotatable bonds is 3. The third-order valence-electron chi connectivity index (χ3n) is 3.79. The molecule has 0 spiro atoms. The highest BCUT2D eigenvalue weighted by molar-refractivity contribution is 6.18. The van der Waals surface area contributed by atoms with Crippen molar-refractivity contribution in [2.75, 3.05) is 19.0 Å². The van der Waals surface area contributed by atoms with E-state index in [4.69, 9.17) is 11.6 Å². The van der Waals surface area contributed by atoms with Crippen LogP contribution in [-0.4, -0.2) is 29.8 Å². The van der Waals surface area contributed by atoms with Crippen molar-refractivity contribution in [3.05, 3.63) is 0 Å². The third-order valence-corrected chi connectivity index (χ3v) is 4.23. The molecule has 1 amide bonds. The lowest BCUT2D eigenvalue weighted by atomic mass is 10.0. The SMILES string of the molecule is O=C(CC1CCCC1)N1CCC(CCl)C1. The lowest BCUT2D eigenvalue weighted by Crippen LogP contribution is -2.30. The predicted octanol–water partition coefficient (Wildman–Crippen LogP) is 2.65. The van der Waals surface area contributed by atoms with E-state index in [2.05, 4.69) is 0 Å². The van der Waals surface area contributed by atoms with Gasteiger partial charge < -0.3 is 4.90 Å². The van der Waals surface area contributed by atoms with Crippen LogP contribution in [0.3, 0.4) is 0 Å². The minimum atomic E-state index is 0.370. The molecule has 2 aliphatic rings. The van der Waals surface area contributed by atoms with E-state index in [0.717, 1.165) is 25.9 Å². The molecule has 86 valence electrons. The van der Waals surface area contributed by atoms with Crippen molar-refractivity contribution >= 4 is 17.5 Å². The first-order chi connectivity index (χ1) is 7.29. The Morgan fingerprint density at radius 1 is 1.20 bits per heavy atom. The summed E-state index contributed by atoms with van der Waals surface area (Å²) < 4.78 is 0. The van der Waals surface area contributed by atoms with Crippen molar-refractivity contribution in [1.29, 1.82) is 0 Å². The van der Waals surface area contributed by atoms with Gasteiger partial charge in [0.15, 0.2) is 0 Å². The maximum atomic E-state index is 11.9. The van der Waals surface area contributed by atoms with E-state index in [-0.39, 0.29) is 0 Å². The van der Waals surface area contributed by atoms with Gasteiger partial charge in [-0.3, -0.25) is 4.79 Å². The fourth-order valence-electron chi connectivity index (χ4n) is 2.78. The zero-order valence-electron chi connectivity index (χ0n) is 9.25. The maximum Gasteiger partial charge on any atom is 0.222 e. The summed E-state index contributed by atoms with van der Waals surface area (Å²) in [6.07, 6.45) is 7.05. The van der Waals surface area contributed by atoms with Gasteiger partial charge >= 0.3 is 0 Å². The van der Waals surface area contributed by atoms with Crippen molar-refractivity contribution in [1.82, 2.24) is 4.90 Å². The van der Waals surface area contributed by atoms with Crippen LogP contribution in [0.15, 0.2) is 0 Å². The molecule has 0 bridgehead atoms. The molecule has 0 N–H and O–H groups in total. The van der Waals surface area contributed by atoms with Gasteiger partial charge in [0.05, 0.1) is 0 Å². The minimum absolute atomic E-state index is 0.370. The summed E-state index contributed by atoms with van der Waals surface area (Å²) in [5, 5.41) is 0. The van der Waals surface area contributed by atoms with Crippen LogP contribution in [0, 0.1) is 11.8 Å². The van der Waals surface area contributed by atoms with Crippen LogP contribution in [0.25, 0.3) is 0 Å². The van der Waals surface area contributed by atoms with Gasteiger partial charge in [0, 0.05) is 25.4 Å². The van der Waals surface area contributed by atoms with Crippen molar-refractivity contribution in [3.63, 3.8) is 0 Å². The van der Waals surface area contributed by atoms with Gasteiger partial charge in [-0.25, -0.2) is 0 Å². The number of alkyl halides is 1. The molecule has 1 aliphatic heterocycles. The molecular weight excluding hydrogens is 210 g/mol. The normalized spacial score (nSPS) is 27.5. The number of nitrogens with zero attached hydrogens (tertiary/aromatic N) is 1. The summed E-state index contributed by atoms with van der Waals surface area (Å²) in [6, 6.07) is 0. The van der Waals surface area contributed by atoms with Crippen molar-refractivity contribution in [3.8, 4) is 0 Å². The Labute approximate surface area is 97.0 Å². The highest BCUT2D eigenvalue weighted by Crippen LogP contribution is 2.29. The predicted molar refractivity (Wildman–Crippen MR) is 62.0 cm³/mol. The van der Waals surface area contributed by atoms with Gasteiger partial charge in [-0.1, -0.05) is 12.8 Å². The number of likely N-dealkylation sites (tertiary alicyclic amines) is 1. The van der Waals surface area contributed by atoms with E-state index in [0.29, 0.717) is 23.6 Å². The van der Waals surface area contributed by atoms with Crippen molar-refractivity contribution < 1.29 is 4.79 Å². The molecule has 2 nitrogen and oxygen atoms in total. The molecule has 0 aromatic rings. The Morgan fingerprint density at radius 3 is 2.53 bits per heavy atom.